The Bertz CT molecular complexity index is 1290. The van der Waals surface area contributed by atoms with Gasteiger partial charge in [-0.3, -0.25) is 0 Å². The molecule has 0 saturated carbocycles. The molecule has 44 heavy (non-hydrogen) atoms. The molecule has 0 aliphatic carbocycles. The molecule has 0 aromatic heterocycles. The molecule has 0 aliphatic heterocycles. The third-order valence-electron chi connectivity index (χ3n) is 6.99. The number of hydrogen-bond donors (Lipinski definition) is 0. The fourth-order valence-corrected chi connectivity index (χ4v) is 5.61. The molecule has 0 aliphatic rings. The van der Waals surface area contributed by atoms with E-state index in [1.54, 1.807) is 0 Å². The molecule has 3 aromatic rings. The first-order valence-corrected chi connectivity index (χ1v) is 18.6. The fraction of sp³-hybridized carbons (Fsp3) is 0.316. The molecule has 0 radical (unpaired) electrons. The number of unbranched alkanes of at least 4 members (excludes halogenated alkanes) is 6. The average molecular weight is 850 g/mol. The zero-order valence-corrected chi connectivity index (χ0v) is 32.0. The first-order valence-electron chi connectivity index (χ1n) is 15.4. The van der Waals surface area contributed by atoms with E-state index in [9.17, 15) is 0 Å². The largest absolute Gasteiger partial charge is 0.493 e. The van der Waals surface area contributed by atoms with E-state index in [2.05, 4.69) is 163 Å². The smallest absolute Gasteiger partial charge is 0.127 e. The lowest BCUT2D eigenvalue weighted by Gasteiger charge is -2.15. The summed E-state index contributed by atoms with van der Waals surface area (Å²) in [6, 6.07) is 21.2. The van der Waals surface area contributed by atoms with Crippen LogP contribution in [0.3, 0.4) is 0 Å². The van der Waals surface area contributed by atoms with E-state index in [0.29, 0.717) is 13.2 Å². The van der Waals surface area contributed by atoms with E-state index in [4.69, 9.17) is 9.47 Å². The van der Waals surface area contributed by atoms with Gasteiger partial charge in [0.15, 0.2) is 0 Å². The van der Waals surface area contributed by atoms with Crippen LogP contribution in [0.2, 0.25) is 0 Å². The number of ether oxygens (including phenoxy) is 2. The Balaban J connectivity index is 1.94. The zero-order valence-electron chi connectivity index (χ0n) is 25.6. The van der Waals surface area contributed by atoms with Crippen LogP contribution >= 0.6 is 63.7 Å². The van der Waals surface area contributed by atoms with Crippen molar-refractivity contribution in [3.05, 3.63) is 101 Å². The third-order valence-corrected chi connectivity index (χ3v) is 7.90. The summed E-state index contributed by atoms with van der Waals surface area (Å²) in [4.78, 5) is 0. The predicted molar refractivity (Wildman–Crippen MR) is 208 cm³/mol. The molecule has 0 atom stereocenters. The summed E-state index contributed by atoms with van der Waals surface area (Å²) in [6.45, 7) is 5.86. The van der Waals surface area contributed by atoms with Gasteiger partial charge in [0.25, 0.3) is 0 Å². The second kappa shape index (κ2) is 21.0. The Labute approximate surface area is 298 Å². The van der Waals surface area contributed by atoms with E-state index >= 15 is 0 Å². The van der Waals surface area contributed by atoms with Gasteiger partial charge >= 0.3 is 0 Å². The van der Waals surface area contributed by atoms with Crippen molar-refractivity contribution < 1.29 is 9.47 Å². The zero-order chi connectivity index (χ0) is 31.6. The second-order valence-electron chi connectivity index (χ2n) is 10.6. The van der Waals surface area contributed by atoms with Gasteiger partial charge in [0.1, 0.15) is 11.5 Å². The fourth-order valence-electron chi connectivity index (χ4n) is 4.55. The maximum absolute atomic E-state index is 6.42. The molecule has 3 rings (SSSR count). The van der Waals surface area contributed by atoms with E-state index in [-0.39, 0.29) is 0 Å². The highest BCUT2D eigenvalue weighted by molar-refractivity contribution is 9.28. The van der Waals surface area contributed by atoms with Crippen LogP contribution in [0.5, 0.6) is 11.5 Å². The standard InChI is InChI=1S/C38H42Br4O2/c1-3-5-7-9-23-43-35-27-34(22-20-30-13-17-32(18-14-30)26-38(41)42)36(44-24-10-8-6-4-2)28-33(35)21-19-29-11-15-31(16-12-29)25-37(39)40/h11-22,25-28H,3-10,23-24H2,1-2H3/b21-19+,22-20+. The summed E-state index contributed by atoms with van der Waals surface area (Å²) in [5, 5.41) is 0. The van der Waals surface area contributed by atoms with Crippen LogP contribution in [-0.4, -0.2) is 13.2 Å². The van der Waals surface area contributed by atoms with Crippen molar-refractivity contribution in [3.8, 4) is 11.5 Å². The van der Waals surface area contributed by atoms with Crippen molar-refractivity contribution in [1.82, 2.24) is 0 Å². The minimum Gasteiger partial charge on any atom is -0.493 e. The van der Waals surface area contributed by atoms with E-state index < -0.39 is 0 Å². The molecule has 0 heterocycles. The van der Waals surface area contributed by atoms with Crippen LogP contribution in [-0.2, 0) is 0 Å². The molecule has 0 N–H and O–H groups in total. The highest BCUT2D eigenvalue weighted by atomic mass is 79.9. The maximum atomic E-state index is 6.42. The SMILES string of the molecule is CCCCCCOc1cc(/C=C/c2ccc(C=C(Br)Br)cc2)c(OCCCCCC)cc1/C=C/c1ccc(C=C(Br)Br)cc1. The van der Waals surface area contributed by atoms with Gasteiger partial charge < -0.3 is 9.47 Å². The number of halogens is 4. The van der Waals surface area contributed by atoms with Gasteiger partial charge in [-0.15, -0.1) is 0 Å². The lowest BCUT2D eigenvalue weighted by molar-refractivity contribution is 0.296. The van der Waals surface area contributed by atoms with Gasteiger partial charge in [-0.1, -0.05) is 125 Å². The Morgan fingerprint density at radius 3 is 1.20 bits per heavy atom. The molecule has 0 unspecified atom stereocenters. The van der Waals surface area contributed by atoms with Gasteiger partial charge in [0.05, 0.1) is 20.0 Å². The molecular formula is C38H42Br4O2. The maximum Gasteiger partial charge on any atom is 0.127 e. The van der Waals surface area contributed by atoms with Crippen molar-refractivity contribution in [2.45, 2.75) is 65.2 Å². The molecule has 6 heteroatoms. The first-order chi connectivity index (χ1) is 21.4. The minimum absolute atomic E-state index is 0.696. The van der Waals surface area contributed by atoms with Crippen LogP contribution in [0, 0.1) is 0 Å². The van der Waals surface area contributed by atoms with Crippen LogP contribution in [0.25, 0.3) is 36.5 Å². The van der Waals surface area contributed by atoms with Gasteiger partial charge in [-0.25, -0.2) is 0 Å². The summed E-state index contributed by atoms with van der Waals surface area (Å²) in [5.41, 5.74) is 6.53. The van der Waals surface area contributed by atoms with Crippen molar-refractivity contribution >= 4 is 100 Å². The normalized spacial score (nSPS) is 11.2. The van der Waals surface area contributed by atoms with Crippen molar-refractivity contribution in [3.63, 3.8) is 0 Å². The van der Waals surface area contributed by atoms with Gasteiger partial charge in [0.2, 0.25) is 0 Å². The average Bonchev–Trinajstić information content (AvgIpc) is 3.00. The molecule has 0 bridgehead atoms. The minimum atomic E-state index is 0.696. The van der Waals surface area contributed by atoms with E-state index in [1.807, 2.05) is 12.2 Å². The van der Waals surface area contributed by atoms with Crippen LogP contribution in [0.15, 0.2) is 67.4 Å². The molecule has 0 fully saturated rings. The molecule has 2 nitrogen and oxygen atoms in total. The van der Waals surface area contributed by atoms with Crippen molar-refractivity contribution in [2.75, 3.05) is 13.2 Å². The summed E-state index contributed by atoms with van der Waals surface area (Å²) >= 11 is 13.8. The van der Waals surface area contributed by atoms with E-state index in [0.717, 1.165) is 64.5 Å². The quantitative estimate of drug-likeness (QED) is 0.0938. The molecule has 0 saturated heterocycles. The summed E-state index contributed by atoms with van der Waals surface area (Å²) < 4.78 is 14.7. The summed E-state index contributed by atoms with van der Waals surface area (Å²) in [6.07, 6.45) is 21.9. The Hall–Kier alpha value is -1.86. The highest BCUT2D eigenvalue weighted by Gasteiger charge is 2.10. The molecule has 0 amide bonds. The Morgan fingerprint density at radius 2 is 0.864 bits per heavy atom. The van der Waals surface area contributed by atoms with Gasteiger partial charge in [-0.05, 0) is 123 Å². The first kappa shape index (κ1) is 36.6. The summed E-state index contributed by atoms with van der Waals surface area (Å²) in [7, 11) is 0. The topological polar surface area (TPSA) is 18.5 Å². The lowest BCUT2D eigenvalue weighted by Crippen LogP contribution is -2.03. The second-order valence-corrected chi connectivity index (χ2v) is 16.2. The van der Waals surface area contributed by atoms with Crippen LogP contribution < -0.4 is 9.47 Å². The number of benzene rings is 3. The number of hydrogen-bond acceptors (Lipinski definition) is 2. The highest BCUT2D eigenvalue weighted by Crippen LogP contribution is 2.33. The van der Waals surface area contributed by atoms with Gasteiger partial charge in [-0.2, -0.15) is 0 Å². The Kier molecular flexibility index (Phi) is 17.5. The van der Waals surface area contributed by atoms with Crippen molar-refractivity contribution in [1.29, 1.82) is 0 Å². The predicted octanol–water partition coefficient (Wildman–Crippen LogP) is 14.1. The van der Waals surface area contributed by atoms with Gasteiger partial charge in [0, 0.05) is 11.1 Å². The summed E-state index contributed by atoms with van der Waals surface area (Å²) in [5.74, 6) is 1.75. The third kappa shape index (κ3) is 14.1. The van der Waals surface area contributed by atoms with Crippen LogP contribution in [0.1, 0.15) is 98.6 Å². The molecular weight excluding hydrogens is 808 g/mol. The van der Waals surface area contributed by atoms with Crippen molar-refractivity contribution in [2.24, 2.45) is 0 Å². The molecule has 0 spiro atoms. The molecule has 3 aromatic carbocycles. The Morgan fingerprint density at radius 1 is 0.500 bits per heavy atom. The lowest BCUT2D eigenvalue weighted by atomic mass is 10.0. The van der Waals surface area contributed by atoms with E-state index in [1.165, 1.54) is 38.5 Å². The van der Waals surface area contributed by atoms with Crippen LogP contribution in [0.4, 0.5) is 0 Å². The molecule has 234 valence electrons. The number of rotatable bonds is 18. The monoisotopic (exact) mass is 846 g/mol.